The molecule has 3 rings (SSSR count). The number of hydrogen-bond donors (Lipinski definition) is 4. The van der Waals surface area contributed by atoms with Crippen LogP contribution in [0.5, 0.6) is 0 Å². The lowest BCUT2D eigenvalue weighted by Gasteiger charge is -2.23. The molecule has 7 nitrogen and oxygen atoms in total. The first-order valence-corrected chi connectivity index (χ1v) is 10.4. The summed E-state index contributed by atoms with van der Waals surface area (Å²) in [5, 5.41) is 5.91. The van der Waals surface area contributed by atoms with Gasteiger partial charge >= 0.3 is 6.03 Å². The van der Waals surface area contributed by atoms with Crippen LogP contribution in [0.4, 0.5) is 16.2 Å². The van der Waals surface area contributed by atoms with E-state index in [-0.39, 0.29) is 17.9 Å². The fourth-order valence-corrected chi connectivity index (χ4v) is 4.18. The molecule has 1 heterocycles. The van der Waals surface area contributed by atoms with Crippen LogP contribution in [0.2, 0.25) is 0 Å². The van der Waals surface area contributed by atoms with Crippen molar-refractivity contribution in [3.63, 3.8) is 0 Å². The largest absolute Gasteiger partial charge is 0.328 e. The molecular formula is C21H33N5O2. The lowest BCUT2D eigenvalue weighted by atomic mass is 9.93. The van der Waals surface area contributed by atoms with E-state index in [1.165, 1.54) is 0 Å². The number of nitrogens with one attached hydrogen (secondary N) is 4. The number of carbonyl (C=O) groups is 2. The van der Waals surface area contributed by atoms with Gasteiger partial charge in [0.25, 0.3) is 0 Å². The van der Waals surface area contributed by atoms with E-state index >= 15 is 0 Å². The smallest absolute Gasteiger partial charge is 0.321 e. The first-order valence-electron chi connectivity index (χ1n) is 10.4. The van der Waals surface area contributed by atoms with Crippen LogP contribution < -0.4 is 21.5 Å². The molecule has 1 saturated carbocycles. The third kappa shape index (κ3) is 5.23. The summed E-state index contributed by atoms with van der Waals surface area (Å²) in [6.07, 6.45) is 5.13. The summed E-state index contributed by atoms with van der Waals surface area (Å²) in [5.74, 6) is 0.693. The molecular weight excluding hydrogens is 354 g/mol. The van der Waals surface area contributed by atoms with Crippen molar-refractivity contribution in [2.45, 2.75) is 58.0 Å². The highest BCUT2D eigenvalue weighted by Gasteiger charge is 2.29. The summed E-state index contributed by atoms with van der Waals surface area (Å²) in [5.41, 5.74) is 7.91. The Labute approximate surface area is 167 Å². The van der Waals surface area contributed by atoms with E-state index in [0.717, 1.165) is 37.8 Å². The first kappa shape index (κ1) is 20.6. The van der Waals surface area contributed by atoms with Crippen molar-refractivity contribution in [2.24, 2.45) is 11.8 Å². The number of benzene rings is 1. The Morgan fingerprint density at radius 3 is 2.32 bits per heavy atom. The number of hydrogen-bond acceptors (Lipinski definition) is 4. The van der Waals surface area contributed by atoms with Gasteiger partial charge in [-0.2, -0.15) is 0 Å². The molecule has 0 radical (unpaired) electrons. The van der Waals surface area contributed by atoms with Crippen molar-refractivity contribution < 1.29 is 9.59 Å². The molecule has 28 heavy (non-hydrogen) atoms. The Hall–Kier alpha value is -2.12. The zero-order valence-electron chi connectivity index (χ0n) is 17.1. The van der Waals surface area contributed by atoms with Gasteiger partial charge in [0.2, 0.25) is 5.91 Å². The van der Waals surface area contributed by atoms with Crippen molar-refractivity contribution in [2.75, 3.05) is 24.2 Å². The van der Waals surface area contributed by atoms with Crippen molar-refractivity contribution >= 4 is 23.3 Å². The van der Waals surface area contributed by atoms with Crippen LogP contribution >= 0.6 is 0 Å². The molecule has 1 aromatic rings. The molecule has 154 valence electrons. The van der Waals surface area contributed by atoms with E-state index in [1.54, 1.807) is 4.90 Å². The van der Waals surface area contributed by atoms with Gasteiger partial charge in [-0.15, -0.1) is 0 Å². The molecule has 4 N–H and O–H groups in total. The highest BCUT2D eigenvalue weighted by molar-refractivity contribution is 5.94. The van der Waals surface area contributed by atoms with E-state index < -0.39 is 0 Å². The lowest BCUT2D eigenvalue weighted by Crippen LogP contribution is -2.35. The molecule has 2 atom stereocenters. The standard InChI is InChI=1S/C21H33N5O2/c1-14-19(15(2)25-24-14)11-12-26(3)21(28)23-18-10-6-9-17(13-18)22-20(27)16-7-4-5-8-16/h6,9-10,13-16,19,24-25H,4-5,7-8,11-12H2,1-3H3,(H,22,27)(H,23,28). The minimum atomic E-state index is -0.140. The minimum absolute atomic E-state index is 0.0834. The number of anilines is 2. The van der Waals surface area contributed by atoms with Gasteiger partial charge in [-0.05, 0) is 57.2 Å². The van der Waals surface area contributed by atoms with Gasteiger partial charge < -0.3 is 15.5 Å². The second kappa shape index (κ2) is 9.39. The molecule has 1 aliphatic carbocycles. The Bertz CT molecular complexity index is 679. The lowest BCUT2D eigenvalue weighted by molar-refractivity contribution is -0.119. The molecule has 1 aromatic carbocycles. The predicted octanol–water partition coefficient (Wildman–Crippen LogP) is 3.17. The maximum atomic E-state index is 12.5. The summed E-state index contributed by atoms with van der Waals surface area (Å²) in [4.78, 5) is 26.5. The highest BCUT2D eigenvalue weighted by atomic mass is 16.2. The van der Waals surface area contributed by atoms with Gasteiger partial charge in [-0.25, -0.2) is 4.79 Å². The van der Waals surface area contributed by atoms with E-state index in [1.807, 2.05) is 31.3 Å². The van der Waals surface area contributed by atoms with Crippen LogP contribution in [0.3, 0.4) is 0 Å². The number of carbonyl (C=O) groups excluding carboxylic acids is 2. The van der Waals surface area contributed by atoms with Gasteiger partial charge in [-0.1, -0.05) is 18.9 Å². The van der Waals surface area contributed by atoms with E-state index in [0.29, 0.717) is 30.2 Å². The topological polar surface area (TPSA) is 85.5 Å². The first-order chi connectivity index (χ1) is 13.4. The SMILES string of the molecule is CC1NNC(C)C1CCN(C)C(=O)Nc1cccc(NC(=O)C2CCCC2)c1. The van der Waals surface area contributed by atoms with E-state index in [4.69, 9.17) is 0 Å². The average Bonchev–Trinajstić information content (AvgIpc) is 3.31. The molecule has 1 saturated heterocycles. The van der Waals surface area contributed by atoms with Crippen LogP contribution in [-0.4, -0.2) is 42.5 Å². The van der Waals surface area contributed by atoms with Crippen LogP contribution in [-0.2, 0) is 4.79 Å². The molecule has 3 amide bonds. The Kier molecular flexibility index (Phi) is 6.91. The fraction of sp³-hybridized carbons (Fsp3) is 0.619. The Morgan fingerprint density at radius 2 is 1.68 bits per heavy atom. The molecule has 2 aliphatic rings. The molecule has 0 bridgehead atoms. The fourth-order valence-electron chi connectivity index (χ4n) is 4.18. The minimum Gasteiger partial charge on any atom is -0.328 e. The van der Waals surface area contributed by atoms with Gasteiger partial charge in [0.1, 0.15) is 0 Å². The quantitative estimate of drug-likeness (QED) is 0.604. The van der Waals surface area contributed by atoms with Crippen LogP contribution in [0, 0.1) is 11.8 Å². The van der Waals surface area contributed by atoms with Crippen molar-refractivity contribution in [3.8, 4) is 0 Å². The zero-order valence-corrected chi connectivity index (χ0v) is 17.1. The number of rotatable bonds is 6. The van der Waals surface area contributed by atoms with Crippen LogP contribution in [0.15, 0.2) is 24.3 Å². The molecule has 0 spiro atoms. The zero-order chi connectivity index (χ0) is 20.1. The maximum Gasteiger partial charge on any atom is 0.321 e. The Morgan fingerprint density at radius 1 is 1.07 bits per heavy atom. The van der Waals surface area contributed by atoms with Gasteiger partial charge in [-0.3, -0.25) is 15.6 Å². The van der Waals surface area contributed by atoms with Gasteiger partial charge in [0, 0.05) is 43.0 Å². The summed E-state index contributed by atoms with van der Waals surface area (Å²) >= 11 is 0. The van der Waals surface area contributed by atoms with E-state index in [9.17, 15) is 9.59 Å². The van der Waals surface area contributed by atoms with Gasteiger partial charge in [0.15, 0.2) is 0 Å². The third-order valence-corrected chi connectivity index (χ3v) is 6.08. The second-order valence-corrected chi connectivity index (χ2v) is 8.22. The Balaban J connectivity index is 1.49. The van der Waals surface area contributed by atoms with Crippen LogP contribution in [0.1, 0.15) is 46.0 Å². The molecule has 7 heteroatoms. The third-order valence-electron chi connectivity index (χ3n) is 6.08. The molecule has 0 aromatic heterocycles. The number of hydrazine groups is 1. The summed E-state index contributed by atoms with van der Waals surface area (Å²) in [6.45, 7) is 5.01. The van der Waals surface area contributed by atoms with Gasteiger partial charge in [0.05, 0.1) is 0 Å². The summed E-state index contributed by atoms with van der Waals surface area (Å²) in [6, 6.07) is 8.00. The van der Waals surface area contributed by atoms with Crippen molar-refractivity contribution in [1.82, 2.24) is 15.8 Å². The van der Waals surface area contributed by atoms with Crippen molar-refractivity contribution in [3.05, 3.63) is 24.3 Å². The van der Waals surface area contributed by atoms with Crippen molar-refractivity contribution in [1.29, 1.82) is 0 Å². The molecule has 2 fully saturated rings. The monoisotopic (exact) mass is 387 g/mol. The number of nitrogens with zero attached hydrogens (tertiary/aromatic N) is 1. The normalized spacial score (nSPS) is 24.9. The number of urea groups is 1. The molecule has 2 unspecified atom stereocenters. The number of amides is 3. The predicted molar refractivity (Wildman–Crippen MR) is 112 cm³/mol. The molecule has 1 aliphatic heterocycles. The highest BCUT2D eigenvalue weighted by Crippen LogP contribution is 2.26. The average molecular weight is 388 g/mol. The maximum absolute atomic E-state index is 12.5. The second-order valence-electron chi connectivity index (χ2n) is 8.22. The summed E-state index contributed by atoms with van der Waals surface area (Å²) < 4.78 is 0. The van der Waals surface area contributed by atoms with Crippen LogP contribution in [0.25, 0.3) is 0 Å². The van der Waals surface area contributed by atoms with E-state index in [2.05, 4.69) is 35.3 Å². The summed E-state index contributed by atoms with van der Waals surface area (Å²) in [7, 11) is 1.81.